The molecule has 1 aliphatic rings. The predicted octanol–water partition coefficient (Wildman–Crippen LogP) is 2.16. The quantitative estimate of drug-likeness (QED) is 0.840. The van der Waals surface area contributed by atoms with Crippen molar-refractivity contribution in [1.29, 1.82) is 0 Å². The molecule has 0 aromatic heterocycles. The Labute approximate surface area is 121 Å². The molecule has 1 saturated heterocycles. The molecular formula is C15H23N3S. The van der Waals surface area contributed by atoms with Crippen molar-refractivity contribution < 1.29 is 0 Å². The van der Waals surface area contributed by atoms with E-state index in [1.807, 2.05) is 12.1 Å². The lowest BCUT2D eigenvalue weighted by molar-refractivity contribution is 0.337. The van der Waals surface area contributed by atoms with Crippen LogP contribution < -0.4 is 10.6 Å². The number of nitrogens with two attached hydrogens (primary N) is 1. The van der Waals surface area contributed by atoms with Crippen molar-refractivity contribution in [2.45, 2.75) is 26.3 Å². The molecule has 2 rings (SSSR count). The normalized spacial score (nSPS) is 21.2. The fraction of sp³-hybridized carbons (Fsp3) is 0.533. The highest BCUT2D eigenvalue weighted by molar-refractivity contribution is 7.80. The standard InChI is InChI=1S/C15H23N3S/c1-11-6-4-7-13(15(16)19)14(11)18-9-5-8-17(3)10-12(18)2/h4,6-7,12H,5,8-10H2,1-3H3,(H2,16,19). The van der Waals surface area contributed by atoms with Crippen molar-refractivity contribution in [1.82, 2.24) is 4.90 Å². The Bertz CT molecular complexity index is 472. The first-order valence-electron chi connectivity index (χ1n) is 6.85. The minimum absolute atomic E-state index is 0.474. The molecule has 0 saturated carbocycles. The number of benzene rings is 1. The number of thiocarbonyl (C=S) groups is 1. The van der Waals surface area contributed by atoms with Gasteiger partial charge in [0.1, 0.15) is 4.99 Å². The van der Waals surface area contributed by atoms with E-state index in [0.717, 1.165) is 25.2 Å². The highest BCUT2D eigenvalue weighted by Crippen LogP contribution is 2.28. The third-order valence-electron chi connectivity index (χ3n) is 3.84. The van der Waals surface area contributed by atoms with Gasteiger partial charge >= 0.3 is 0 Å². The van der Waals surface area contributed by atoms with E-state index in [1.54, 1.807) is 0 Å². The first-order chi connectivity index (χ1) is 9.00. The van der Waals surface area contributed by atoms with Crippen LogP contribution in [-0.4, -0.2) is 42.6 Å². The van der Waals surface area contributed by atoms with Gasteiger partial charge in [-0.1, -0.05) is 24.4 Å². The maximum absolute atomic E-state index is 5.90. The maximum Gasteiger partial charge on any atom is 0.106 e. The van der Waals surface area contributed by atoms with Crippen LogP contribution in [0.25, 0.3) is 0 Å². The zero-order valence-electron chi connectivity index (χ0n) is 12.0. The highest BCUT2D eigenvalue weighted by atomic mass is 32.1. The lowest BCUT2D eigenvalue weighted by Gasteiger charge is -2.33. The molecule has 0 amide bonds. The van der Waals surface area contributed by atoms with Crippen LogP contribution in [0.1, 0.15) is 24.5 Å². The van der Waals surface area contributed by atoms with Gasteiger partial charge in [-0.05, 0) is 45.5 Å². The fourth-order valence-corrected chi connectivity index (χ4v) is 3.11. The Hall–Kier alpha value is -1.13. The van der Waals surface area contributed by atoms with E-state index in [0.29, 0.717) is 11.0 Å². The molecule has 4 heteroatoms. The van der Waals surface area contributed by atoms with Crippen molar-refractivity contribution in [2.24, 2.45) is 5.73 Å². The summed E-state index contributed by atoms with van der Waals surface area (Å²) in [6.07, 6.45) is 1.17. The minimum atomic E-state index is 0.474. The van der Waals surface area contributed by atoms with Gasteiger partial charge in [-0.2, -0.15) is 0 Å². The molecule has 0 bridgehead atoms. The van der Waals surface area contributed by atoms with E-state index in [4.69, 9.17) is 18.0 Å². The van der Waals surface area contributed by atoms with E-state index in [-0.39, 0.29) is 0 Å². The molecule has 0 aliphatic carbocycles. The monoisotopic (exact) mass is 277 g/mol. The molecule has 104 valence electrons. The number of anilines is 1. The van der Waals surface area contributed by atoms with Crippen molar-refractivity contribution in [3.8, 4) is 0 Å². The number of hydrogen-bond donors (Lipinski definition) is 1. The van der Waals surface area contributed by atoms with Gasteiger partial charge in [0.25, 0.3) is 0 Å². The van der Waals surface area contributed by atoms with Gasteiger partial charge < -0.3 is 15.5 Å². The maximum atomic E-state index is 5.90. The van der Waals surface area contributed by atoms with Crippen LogP contribution in [0.5, 0.6) is 0 Å². The smallest absolute Gasteiger partial charge is 0.106 e. The summed E-state index contributed by atoms with van der Waals surface area (Å²) in [5.74, 6) is 0. The Morgan fingerprint density at radius 2 is 2.11 bits per heavy atom. The molecule has 1 heterocycles. The summed E-state index contributed by atoms with van der Waals surface area (Å²) in [5, 5.41) is 0. The zero-order valence-corrected chi connectivity index (χ0v) is 12.8. The molecule has 3 nitrogen and oxygen atoms in total. The van der Waals surface area contributed by atoms with Crippen molar-refractivity contribution in [3.63, 3.8) is 0 Å². The van der Waals surface area contributed by atoms with Crippen LogP contribution in [0.3, 0.4) is 0 Å². The van der Waals surface area contributed by atoms with Gasteiger partial charge in [-0.25, -0.2) is 0 Å². The molecule has 0 spiro atoms. The predicted molar refractivity (Wildman–Crippen MR) is 86.0 cm³/mol. The summed E-state index contributed by atoms with van der Waals surface area (Å²) in [5.41, 5.74) is 9.37. The summed E-state index contributed by atoms with van der Waals surface area (Å²) < 4.78 is 0. The first kappa shape index (κ1) is 14.3. The number of hydrogen-bond acceptors (Lipinski definition) is 3. The molecule has 1 atom stereocenters. The number of rotatable bonds is 2. The van der Waals surface area contributed by atoms with Gasteiger partial charge in [-0.3, -0.25) is 0 Å². The Balaban J connectivity index is 2.42. The summed E-state index contributed by atoms with van der Waals surface area (Å²) in [7, 11) is 2.19. The highest BCUT2D eigenvalue weighted by Gasteiger charge is 2.23. The molecule has 1 aromatic carbocycles. The SMILES string of the molecule is Cc1cccc(C(N)=S)c1N1CCCN(C)CC1C. The topological polar surface area (TPSA) is 32.5 Å². The molecule has 1 aliphatic heterocycles. The summed E-state index contributed by atoms with van der Waals surface area (Å²) in [4.78, 5) is 5.35. The second-order valence-electron chi connectivity index (χ2n) is 5.49. The fourth-order valence-electron chi connectivity index (χ4n) is 2.94. The van der Waals surface area contributed by atoms with Gasteiger partial charge in [-0.15, -0.1) is 0 Å². The third kappa shape index (κ3) is 3.07. The average molecular weight is 277 g/mol. The number of aryl methyl sites for hydroxylation is 1. The summed E-state index contributed by atoms with van der Waals surface area (Å²) in [6, 6.07) is 6.67. The molecule has 1 aromatic rings. The van der Waals surface area contributed by atoms with Gasteiger partial charge in [0.2, 0.25) is 0 Å². The third-order valence-corrected chi connectivity index (χ3v) is 4.06. The van der Waals surface area contributed by atoms with Crippen LogP contribution in [0.15, 0.2) is 18.2 Å². The minimum Gasteiger partial charge on any atom is -0.389 e. The average Bonchev–Trinajstić information content (AvgIpc) is 2.50. The largest absolute Gasteiger partial charge is 0.389 e. The van der Waals surface area contributed by atoms with E-state index < -0.39 is 0 Å². The van der Waals surface area contributed by atoms with Crippen LogP contribution in [0, 0.1) is 6.92 Å². The number of likely N-dealkylation sites (N-methyl/N-ethyl adjacent to an activating group) is 1. The number of nitrogens with zero attached hydrogens (tertiary/aromatic N) is 2. The van der Waals surface area contributed by atoms with Crippen molar-refractivity contribution >= 4 is 22.9 Å². The zero-order chi connectivity index (χ0) is 14.0. The van der Waals surface area contributed by atoms with Crippen LogP contribution in [0.2, 0.25) is 0 Å². The lowest BCUT2D eigenvalue weighted by Crippen LogP contribution is -2.39. The Morgan fingerprint density at radius 3 is 2.79 bits per heavy atom. The van der Waals surface area contributed by atoms with Crippen LogP contribution in [-0.2, 0) is 0 Å². The van der Waals surface area contributed by atoms with Gasteiger partial charge in [0.05, 0.1) is 5.69 Å². The second-order valence-corrected chi connectivity index (χ2v) is 5.93. The molecule has 2 N–H and O–H groups in total. The van der Waals surface area contributed by atoms with E-state index in [2.05, 4.69) is 36.8 Å². The van der Waals surface area contributed by atoms with E-state index >= 15 is 0 Å². The van der Waals surface area contributed by atoms with Gasteiger partial charge in [0, 0.05) is 24.7 Å². The Morgan fingerprint density at radius 1 is 1.37 bits per heavy atom. The van der Waals surface area contributed by atoms with Crippen molar-refractivity contribution in [3.05, 3.63) is 29.3 Å². The van der Waals surface area contributed by atoms with Crippen LogP contribution in [0.4, 0.5) is 5.69 Å². The molecule has 1 fully saturated rings. The molecule has 19 heavy (non-hydrogen) atoms. The number of para-hydroxylation sites is 1. The van der Waals surface area contributed by atoms with Crippen molar-refractivity contribution in [2.75, 3.05) is 31.6 Å². The summed E-state index contributed by atoms with van der Waals surface area (Å²) >= 11 is 5.21. The second kappa shape index (κ2) is 5.88. The summed E-state index contributed by atoms with van der Waals surface area (Å²) in [6.45, 7) is 7.70. The van der Waals surface area contributed by atoms with E-state index in [9.17, 15) is 0 Å². The Kier molecular flexibility index (Phi) is 4.42. The van der Waals surface area contributed by atoms with Crippen LogP contribution >= 0.6 is 12.2 Å². The van der Waals surface area contributed by atoms with Gasteiger partial charge in [0.15, 0.2) is 0 Å². The van der Waals surface area contributed by atoms with E-state index in [1.165, 1.54) is 17.7 Å². The first-order valence-corrected chi connectivity index (χ1v) is 7.26. The lowest BCUT2D eigenvalue weighted by atomic mass is 10.0. The molecule has 0 radical (unpaired) electrons. The molecular weight excluding hydrogens is 254 g/mol. The molecule has 1 unspecified atom stereocenters.